The molecule has 196 valence electrons. The van der Waals surface area contributed by atoms with Gasteiger partial charge in [-0.1, -0.05) is 96.5 Å². The molecular weight excluding hydrogens is 516 g/mol. The molecule has 1 N–H and O–H groups in total. The Kier molecular flexibility index (Phi) is 6.89. The minimum atomic E-state index is -0.291. The van der Waals surface area contributed by atoms with Gasteiger partial charge >= 0.3 is 0 Å². The Bertz CT molecular complexity index is 1910. The molecule has 0 radical (unpaired) electrons. The van der Waals surface area contributed by atoms with Gasteiger partial charge in [0.05, 0.1) is 28.5 Å². The zero-order valence-electron chi connectivity index (χ0n) is 22.2. The summed E-state index contributed by atoms with van der Waals surface area (Å²) in [6.45, 7) is 4.81. The van der Waals surface area contributed by atoms with E-state index in [4.69, 9.17) is 16.6 Å². The summed E-state index contributed by atoms with van der Waals surface area (Å²) in [4.78, 5) is 18.2. The lowest BCUT2D eigenvalue weighted by Gasteiger charge is -2.11. The maximum absolute atomic E-state index is 13.4. The molecule has 0 saturated heterocycles. The molecule has 5 nitrogen and oxygen atoms in total. The molecule has 0 aliphatic carbocycles. The number of carbonyl (C=O) groups excluding carboxylic acids is 1. The fourth-order valence-corrected chi connectivity index (χ4v) is 5.43. The van der Waals surface area contributed by atoms with Crippen molar-refractivity contribution >= 4 is 45.5 Å². The average molecular weight is 543 g/mol. The van der Waals surface area contributed by atoms with Crippen molar-refractivity contribution in [3.63, 3.8) is 0 Å². The van der Waals surface area contributed by atoms with Crippen molar-refractivity contribution in [2.24, 2.45) is 5.10 Å². The van der Waals surface area contributed by atoms with Gasteiger partial charge in [-0.3, -0.25) is 4.79 Å². The number of carbonyl (C=O) groups is 1. The van der Waals surface area contributed by atoms with E-state index in [1.54, 1.807) is 6.21 Å². The number of amides is 1. The number of aryl methyl sites for hydroxylation is 1. The van der Waals surface area contributed by atoms with Gasteiger partial charge in [0.15, 0.2) is 0 Å². The molecule has 6 aromatic rings. The number of nitrogens with zero attached hydrogens (tertiary/aromatic N) is 3. The first-order chi connectivity index (χ1) is 19.5. The van der Waals surface area contributed by atoms with Gasteiger partial charge in [0.25, 0.3) is 5.91 Å². The number of rotatable bonds is 6. The molecule has 6 heteroatoms. The Morgan fingerprint density at radius 3 is 2.45 bits per heavy atom. The smallest absolute Gasteiger partial charge is 0.272 e. The third kappa shape index (κ3) is 4.76. The van der Waals surface area contributed by atoms with Crippen LogP contribution in [0, 0.1) is 13.8 Å². The van der Waals surface area contributed by atoms with E-state index in [2.05, 4.69) is 41.1 Å². The lowest BCUT2D eigenvalue weighted by atomic mass is 10.0. The van der Waals surface area contributed by atoms with E-state index in [9.17, 15) is 4.79 Å². The summed E-state index contributed by atoms with van der Waals surface area (Å²) >= 11 is 6.50. The largest absolute Gasteiger partial charge is 0.340 e. The van der Waals surface area contributed by atoms with Gasteiger partial charge in [-0.2, -0.15) is 5.10 Å². The number of benzene rings is 4. The standard InChI is InChI=1S/C34H27ClN4O/c1-22-11-10-16-27-29(23(2)39(33(22)27)21-25-14-6-8-17-30(25)35)20-36-38-34(40)28-19-32(24-12-4-3-5-13-24)37-31-18-9-7-15-26(28)31/h3-20H,21H2,1-2H3,(H,38,40)/b36-20+. The van der Waals surface area contributed by atoms with Gasteiger partial charge < -0.3 is 4.57 Å². The zero-order valence-corrected chi connectivity index (χ0v) is 23.0. The summed E-state index contributed by atoms with van der Waals surface area (Å²) in [5.74, 6) is -0.291. The Hall–Kier alpha value is -4.74. The maximum atomic E-state index is 13.4. The number of nitrogens with one attached hydrogen (secondary N) is 1. The van der Waals surface area contributed by atoms with Crippen LogP contribution in [0.2, 0.25) is 5.02 Å². The molecule has 4 aromatic carbocycles. The lowest BCUT2D eigenvalue weighted by Crippen LogP contribution is -2.18. The Morgan fingerprint density at radius 2 is 1.62 bits per heavy atom. The van der Waals surface area contributed by atoms with Crippen LogP contribution in [0.25, 0.3) is 33.1 Å². The van der Waals surface area contributed by atoms with E-state index >= 15 is 0 Å². The summed E-state index contributed by atoms with van der Waals surface area (Å²) in [7, 11) is 0. The van der Waals surface area contributed by atoms with Crippen LogP contribution in [0.5, 0.6) is 0 Å². The fraction of sp³-hybridized carbons (Fsp3) is 0.0882. The minimum absolute atomic E-state index is 0.291. The highest BCUT2D eigenvalue weighted by molar-refractivity contribution is 6.31. The third-order valence-electron chi connectivity index (χ3n) is 7.27. The van der Waals surface area contributed by atoms with Crippen LogP contribution in [-0.4, -0.2) is 21.7 Å². The first-order valence-electron chi connectivity index (χ1n) is 13.1. The van der Waals surface area contributed by atoms with Crippen LogP contribution in [0.3, 0.4) is 0 Å². The number of pyridine rings is 1. The zero-order chi connectivity index (χ0) is 27.6. The molecule has 2 heterocycles. The van der Waals surface area contributed by atoms with Crippen molar-refractivity contribution in [1.82, 2.24) is 15.0 Å². The monoisotopic (exact) mass is 542 g/mol. The number of hydrogen-bond donors (Lipinski definition) is 1. The Balaban J connectivity index is 1.35. The van der Waals surface area contributed by atoms with E-state index < -0.39 is 0 Å². The first kappa shape index (κ1) is 25.5. The molecule has 0 saturated carbocycles. The molecule has 40 heavy (non-hydrogen) atoms. The van der Waals surface area contributed by atoms with E-state index in [-0.39, 0.29) is 5.91 Å². The van der Waals surface area contributed by atoms with Crippen molar-refractivity contribution in [1.29, 1.82) is 0 Å². The lowest BCUT2D eigenvalue weighted by molar-refractivity contribution is 0.0956. The minimum Gasteiger partial charge on any atom is -0.340 e. The fourth-order valence-electron chi connectivity index (χ4n) is 5.24. The van der Waals surface area contributed by atoms with Crippen LogP contribution in [-0.2, 0) is 6.54 Å². The van der Waals surface area contributed by atoms with Gasteiger partial charge in [0.2, 0.25) is 0 Å². The molecule has 0 bridgehead atoms. The molecule has 0 atom stereocenters. The van der Waals surface area contributed by atoms with Crippen molar-refractivity contribution in [3.05, 3.63) is 136 Å². The summed E-state index contributed by atoms with van der Waals surface area (Å²) in [6.07, 6.45) is 1.74. The highest BCUT2D eigenvalue weighted by atomic mass is 35.5. The Labute approximate surface area is 237 Å². The van der Waals surface area contributed by atoms with Crippen LogP contribution in [0.1, 0.15) is 32.7 Å². The number of hydrazone groups is 1. The third-order valence-corrected chi connectivity index (χ3v) is 7.64. The van der Waals surface area contributed by atoms with Crippen molar-refractivity contribution in [3.8, 4) is 11.3 Å². The predicted molar refractivity (Wildman–Crippen MR) is 164 cm³/mol. The molecule has 1 amide bonds. The van der Waals surface area contributed by atoms with Crippen molar-refractivity contribution in [2.45, 2.75) is 20.4 Å². The number of para-hydroxylation sites is 2. The summed E-state index contributed by atoms with van der Waals surface area (Å²) in [6, 6.07) is 33.5. The normalized spacial score (nSPS) is 11.5. The van der Waals surface area contributed by atoms with Crippen LogP contribution >= 0.6 is 11.6 Å². The van der Waals surface area contributed by atoms with E-state index in [1.807, 2.05) is 91.0 Å². The van der Waals surface area contributed by atoms with Crippen LogP contribution in [0.15, 0.2) is 108 Å². The van der Waals surface area contributed by atoms with Crippen LogP contribution in [0.4, 0.5) is 0 Å². The number of aromatic nitrogens is 2. The molecule has 2 aromatic heterocycles. The SMILES string of the molecule is Cc1cccc2c(/C=N/NC(=O)c3cc(-c4ccccc4)nc4ccccc34)c(C)n(Cc3ccccc3Cl)c12. The topological polar surface area (TPSA) is 59.3 Å². The summed E-state index contributed by atoms with van der Waals surface area (Å²) in [5, 5.41) is 7.01. The Morgan fingerprint density at radius 1 is 0.900 bits per heavy atom. The van der Waals surface area contributed by atoms with Gasteiger partial charge in [-0.05, 0) is 43.2 Å². The second kappa shape index (κ2) is 10.8. The van der Waals surface area contributed by atoms with E-state index in [1.165, 1.54) is 0 Å². The first-order valence-corrected chi connectivity index (χ1v) is 13.5. The van der Waals surface area contributed by atoms with Gasteiger partial charge in [-0.15, -0.1) is 0 Å². The van der Waals surface area contributed by atoms with Crippen molar-refractivity contribution < 1.29 is 4.79 Å². The van der Waals surface area contributed by atoms with E-state index in [0.29, 0.717) is 12.1 Å². The van der Waals surface area contributed by atoms with Crippen LogP contribution < -0.4 is 5.43 Å². The number of hydrogen-bond acceptors (Lipinski definition) is 3. The molecular formula is C34H27ClN4O. The maximum Gasteiger partial charge on any atom is 0.272 e. The van der Waals surface area contributed by atoms with Gasteiger partial charge in [0, 0.05) is 39.2 Å². The quantitative estimate of drug-likeness (QED) is 0.171. The summed E-state index contributed by atoms with van der Waals surface area (Å²) < 4.78 is 2.26. The molecule has 6 rings (SSSR count). The average Bonchev–Trinajstić information content (AvgIpc) is 3.25. The molecule has 0 spiro atoms. The van der Waals surface area contributed by atoms with Gasteiger partial charge in [0.1, 0.15) is 0 Å². The van der Waals surface area contributed by atoms with Crippen molar-refractivity contribution in [2.75, 3.05) is 0 Å². The number of halogens is 1. The highest BCUT2D eigenvalue weighted by Gasteiger charge is 2.17. The van der Waals surface area contributed by atoms with Gasteiger partial charge in [-0.25, -0.2) is 10.4 Å². The second-order valence-electron chi connectivity index (χ2n) is 9.79. The number of fused-ring (bicyclic) bond motifs is 2. The highest BCUT2D eigenvalue weighted by Crippen LogP contribution is 2.30. The second-order valence-corrected chi connectivity index (χ2v) is 10.2. The predicted octanol–water partition coefficient (Wildman–Crippen LogP) is 7.94. The molecule has 0 fully saturated rings. The summed E-state index contributed by atoms with van der Waals surface area (Å²) in [5.41, 5.74) is 11.1. The molecule has 0 aliphatic rings. The molecule has 0 aliphatic heterocycles. The van der Waals surface area contributed by atoms with E-state index in [0.717, 1.165) is 60.5 Å². The molecule has 0 unspecified atom stereocenters.